The summed E-state index contributed by atoms with van der Waals surface area (Å²) in [4.78, 5) is 0. The first kappa shape index (κ1) is 27.0. The number of benzene rings is 1. The molecule has 5 nitrogen and oxygen atoms in total. The normalized spacial score (nSPS) is 12.8. The van der Waals surface area contributed by atoms with E-state index in [-0.39, 0.29) is 11.2 Å². The first-order valence-corrected chi connectivity index (χ1v) is 13.3. The Bertz CT molecular complexity index is 613. The van der Waals surface area contributed by atoms with Crippen molar-refractivity contribution >= 4 is 14.0 Å². The van der Waals surface area contributed by atoms with Crippen LogP contribution >= 0.6 is 0 Å². The zero-order valence-electron chi connectivity index (χ0n) is 20.7. The van der Waals surface area contributed by atoms with E-state index in [2.05, 4.69) is 41.5 Å². The fourth-order valence-electron chi connectivity index (χ4n) is 3.75. The summed E-state index contributed by atoms with van der Waals surface area (Å²) in [5.41, 5.74) is -0.568. The van der Waals surface area contributed by atoms with E-state index in [1.807, 2.05) is 39.0 Å². The highest BCUT2D eigenvalue weighted by molar-refractivity contribution is 6.76. The lowest BCUT2D eigenvalue weighted by atomic mass is 10.0. The molecule has 0 spiro atoms. The summed E-state index contributed by atoms with van der Waals surface area (Å²) in [6.07, 6.45) is 4.01. The molecule has 1 rings (SSSR count). The van der Waals surface area contributed by atoms with Crippen LogP contribution in [-0.4, -0.2) is 39.8 Å². The van der Waals surface area contributed by atoms with E-state index in [4.69, 9.17) is 22.8 Å². The zero-order chi connectivity index (χ0) is 22.8. The summed E-state index contributed by atoms with van der Waals surface area (Å²) in [6.45, 7) is 20.2. The fourth-order valence-corrected chi connectivity index (χ4v) is 6.36. The van der Waals surface area contributed by atoms with Crippen LogP contribution in [0.15, 0.2) is 18.2 Å². The van der Waals surface area contributed by atoms with Gasteiger partial charge in [-0.15, -0.1) is 0 Å². The minimum Gasteiger partial charge on any atom is -0.488 e. The van der Waals surface area contributed by atoms with Gasteiger partial charge < -0.3 is 22.8 Å². The molecule has 0 radical (unpaired) electrons. The maximum absolute atomic E-state index is 6.49. The van der Waals surface area contributed by atoms with Gasteiger partial charge in [0.15, 0.2) is 0 Å². The SMILES string of the molecule is CCCC(C)(C)Oc1ccc(OC(C)(C)CCC)c([Si](OCC)(OCC)OCC)c1. The van der Waals surface area contributed by atoms with E-state index in [0.29, 0.717) is 19.8 Å². The van der Waals surface area contributed by atoms with Gasteiger partial charge in [-0.3, -0.25) is 0 Å². The Labute approximate surface area is 185 Å². The number of hydrogen-bond donors (Lipinski definition) is 0. The number of hydrogen-bond acceptors (Lipinski definition) is 5. The second kappa shape index (κ2) is 12.1. The standard InChI is InChI=1S/C24H44O5Si/c1-10-17-23(6,7)28-20-15-16-21(29-24(8,9)18-11-2)22(19-20)30(25-12-3,26-13-4)27-14-5/h15-16,19H,10-14,17-18H2,1-9H3. The van der Waals surface area contributed by atoms with Gasteiger partial charge in [0, 0.05) is 19.8 Å². The molecule has 0 atom stereocenters. The average molecular weight is 441 g/mol. The van der Waals surface area contributed by atoms with Crippen LogP contribution in [0.2, 0.25) is 0 Å². The van der Waals surface area contributed by atoms with E-state index >= 15 is 0 Å². The summed E-state index contributed by atoms with van der Waals surface area (Å²) in [6, 6.07) is 5.95. The molecule has 0 heterocycles. The molecule has 0 fully saturated rings. The Balaban J connectivity index is 3.53. The minimum atomic E-state index is -3.17. The van der Waals surface area contributed by atoms with Crippen molar-refractivity contribution in [1.29, 1.82) is 0 Å². The highest BCUT2D eigenvalue weighted by Crippen LogP contribution is 2.29. The molecule has 0 aliphatic carbocycles. The molecule has 0 N–H and O–H groups in total. The van der Waals surface area contributed by atoms with Gasteiger partial charge in [0.1, 0.15) is 22.7 Å². The minimum absolute atomic E-state index is 0.261. The molecule has 0 aromatic heterocycles. The molecule has 0 aliphatic heterocycles. The predicted octanol–water partition coefficient (Wildman–Crippen LogP) is 5.86. The largest absolute Gasteiger partial charge is 0.541 e. The van der Waals surface area contributed by atoms with E-state index in [9.17, 15) is 0 Å². The highest BCUT2D eigenvalue weighted by Gasteiger charge is 2.47. The van der Waals surface area contributed by atoms with Crippen LogP contribution in [0.5, 0.6) is 11.5 Å². The van der Waals surface area contributed by atoms with Crippen molar-refractivity contribution in [2.45, 2.75) is 99.2 Å². The van der Waals surface area contributed by atoms with Gasteiger partial charge in [-0.25, -0.2) is 0 Å². The number of rotatable bonds is 15. The van der Waals surface area contributed by atoms with E-state index in [1.54, 1.807) is 0 Å². The van der Waals surface area contributed by atoms with Crippen molar-refractivity contribution in [3.05, 3.63) is 18.2 Å². The van der Waals surface area contributed by atoms with E-state index < -0.39 is 8.80 Å². The van der Waals surface area contributed by atoms with E-state index in [0.717, 1.165) is 42.4 Å². The second-order valence-corrected chi connectivity index (χ2v) is 11.3. The summed E-state index contributed by atoms with van der Waals surface area (Å²) in [5.74, 6) is 1.52. The molecule has 0 unspecified atom stereocenters. The Morgan fingerprint density at radius 2 is 1.17 bits per heavy atom. The van der Waals surface area contributed by atoms with Crippen LogP contribution in [0.4, 0.5) is 0 Å². The summed E-state index contributed by atoms with van der Waals surface area (Å²) in [5, 5.41) is 0.835. The lowest BCUT2D eigenvalue weighted by Crippen LogP contribution is -2.57. The second-order valence-electron chi connectivity index (χ2n) is 8.74. The maximum Gasteiger partial charge on any atom is 0.541 e. The molecular weight excluding hydrogens is 396 g/mol. The van der Waals surface area contributed by atoms with Gasteiger partial charge in [-0.05, 0) is 79.5 Å². The Kier molecular flexibility index (Phi) is 10.9. The van der Waals surface area contributed by atoms with Gasteiger partial charge in [-0.2, -0.15) is 0 Å². The first-order chi connectivity index (χ1) is 14.1. The third kappa shape index (κ3) is 7.87. The van der Waals surface area contributed by atoms with Crippen LogP contribution in [0.3, 0.4) is 0 Å². The summed E-state index contributed by atoms with van der Waals surface area (Å²) in [7, 11) is -3.17. The molecule has 0 bridgehead atoms. The monoisotopic (exact) mass is 440 g/mol. The first-order valence-electron chi connectivity index (χ1n) is 11.5. The molecule has 0 saturated heterocycles. The predicted molar refractivity (Wildman–Crippen MR) is 126 cm³/mol. The van der Waals surface area contributed by atoms with Crippen LogP contribution in [-0.2, 0) is 13.3 Å². The smallest absolute Gasteiger partial charge is 0.488 e. The molecule has 174 valence electrons. The Morgan fingerprint density at radius 1 is 0.700 bits per heavy atom. The lowest BCUT2D eigenvalue weighted by molar-refractivity contribution is 0.0778. The summed E-state index contributed by atoms with van der Waals surface area (Å²) < 4.78 is 31.4. The highest BCUT2D eigenvalue weighted by atomic mass is 28.4. The van der Waals surface area contributed by atoms with Gasteiger partial charge in [0.05, 0.1) is 5.19 Å². The molecule has 30 heavy (non-hydrogen) atoms. The van der Waals surface area contributed by atoms with E-state index in [1.165, 1.54) is 0 Å². The molecule has 1 aromatic carbocycles. The van der Waals surface area contributed by atoms with Crippen molar-refractivity contribution in [3.63, 3.8) is 0 Å². The zero-order valence-corrected chi connectivity index (χ0v) is 21.7. The third-order valence-electron chi connectivity index (χ3n) is 4.77. The van der Waals surface area contributed by atoms with Crippen molar-refractivity contribution in [1.82, 2.24) is 0 Å². The molecule has 0 saturated carbocycles. The topological polar surface area (TPSA) is 46.2 Å². The van der Waals surface area contributed by atoms with Crippen molar-refractivity contribution in [2.75, 3.05) is 19.8 Å². The maximum atomic E-state index is 6.49. The quantitative estimate of drug-likeness (QED) is 0.320. The van der Waals surface area contributed by atoms with Crippen molar-refractivity contribution < 1.29 is 22.8 Å². The van der Waals surface area contributed by atoms with Crippen LogP contribution in [0.1, 0.15) is 88.0 Å². The number of ether oxygens (including phenoxy) is 2. The molecule has 0 amide bonds. The molecule has 6 heteroatoms. The van der Waals surface area contributed by atoms with Gasteiger partial charge >= 0.3 is 8.80 Å². The van der Waals surface area contributed by atoms with Crippen LogP contribution in [0.25, 0.3) is 0 Å². The lowest BCUT2D eigenvalue weighted by Gasteiger charge is -2.34. The van der Waals surface area contributed by atoms with Gasteiger partial charge in [0.2, 0.25) is 0 Å². The summed E-state index contributed by atoms with van der Waals surface area (Å²) >= 11 is 0. The fraction of sp³-hybridized carbons (Fsp3) is 0.750. The molecule has 0 aliphatic rings. The Hall–Kier alpha value is -1.08. The Morgan fingerprint density at radius 3 is 1.60 bits per heavy atom. The van der Waals surface area contributed by atoms with Gasteiger partial charge in [-0.1, -0.05) is 26.7 Å². The average Bonchev–Trinajstić information content (AvgIpc) is 2.63. The molecule has 1 aromatic rings. The third-order valence-corrected chi connectivity index (χ3v) is 7.83. The van der Waals surface area contributed by atoms with Crippen molar-refractivity contribution in [3.8, 4) is 11.5 Å². The van der Waals surface area contributed by atoms with Crippen LogP contribution < -0.4 is 14.7 Å². The molecular formula is C24H44O5Si. The van der Waals surface area contributed by atoms with Crippen LogP contribution in [0, 0.1) is 0 Å². The van der Waals surface area contributed by atoms with Gasteiger partial charge in [0.25, 0.3) is 0 Å². The van der Waals surface area contributed by atoms with Crippen molar-refractivity contribution in [2.24, 2.45) is 0 Å².